The van der Waals surface area contributed by atoms with Crippen molar-refractivity contribution in [3.63, 3.8) is 0 Å². The smallest absolute Gasteiger partial charge is 0.261 e. The summed E-state index contributed by atoms with van der Waals surface area (Å²) in [6.45, 7) is 0.227. The maximum absolute atomic E-state index is 12.2. The monoisotopic (exact) mass is 312 g/mol. The lowest BCUT2D eigenvalue weighted by molar-refractivity contribution is -0.116. The van der Waals surface area contributed by atoms with E-state index < -0.39 is 0 Å². The summed E-state index contributed by atoms with van der Waals surface area (Å²) in [5, 5.41) is 6.69. The van der Waals surface area contributed by atoms with Crippen molar-refractivity contribution in [1.82, 2.24) is 14.7 Å². The van der Waals surface area contributed by atoms with Crippen molar-refractivity contribution in [2.24, 2.45) is 7.05 Å². The molecule has 1 aliphatic rings. The summed E-state index contributed by atoms with van der Waals surface area (Å²) in [4.78, 5) is 37.4. The molecule has 1 aromatic carbocycles. The lowest BCUT2D eigenvalue weighted by Gasteiger charge is -2.13. The number of hydrogen-bond donors (Lipinski definition) is 1. The summed E-state index contributed by atoms with van der Waals surface area (Å²) in [6.07, 6.45) is 2.22. The van der Waals surface area contributed by atoms with E-state index in [4.69, 9.17) is 0 Å². The third-order valence-electron chi connectivity index (χ3n) is 3.75. The van der Waals surface area contributed by atoms with Gasteiger partial charge in [-0.25, -0.2) is 0 Å². The summed E-state index contributed by atoms with van der Waals surface area (Å²) < 4.78 is 1.56. The fraction of sp³-hybridized carbons (Fsp3) is 0.250. The van der Waals surface area contributed by atoms with E-state index >= 15 is 0 Å². The second-order valence-electron chi connectivity index (χ2n) is 5.30. The normalized spacial score (nSPS) is 13.3. The fourth-order valence-electron chi connectivity index (χ4n) is 2.54. The first-order valence-electron chi connectivity index (χ1n) is 7.31. The number of fused-ring (bicyclic) bond motifs is 1. The van der Waals surface area contributed by atoms with Crippen LogP contribution in [0.25, 0.3) is 0 Å². The van der Waals surface area contributed by atoms with Gasteiger partial charge in [-0.3, -0.25) is 24.0 Å². The molecule has 7 heteroatoms. The Labute approximate surface area is 132 Å². The van der Waals surface area contributed by atoms with Crippen molar-refractivity contribution in [2.45, 2.75) is 12.8 Å². The van der Waals surface area contributed by atoms with Gasteiger partial charge in [-0.1, -0.05) is 12.1 Å². The first kappa shape index (κ1) is 15.0. The van der Waals surface area contributed by atoms with Gasteiger partial charge in [0.25, 0.3) is 11.8 Å². The van der Waals surface area contributed by atoms with Crippen molar-refractivity contribution < 1.29 is 14.4 Å². The Morgan fingerprint density at radius 2 is 1.78 bits per heavy atom. The van der Waals surface area contributed by atoms with E-state index in [0.29, 0.717) is 23.4 Å². The van der Waals surface area contributed by atoms with E-state index in [1.54, 1.807) is 48.3 Å². The fourth-order valence-corrected chi connectivity index (χ4v) is 2.54. The van der Waals surface area contributed by atoms with E-state index in [1.807, 2.05) is 0 Å². The molecule has 0 aliphatic carbocycles. The Morgan fingerprint density at radius 1 is 1.13 bits per heavy atom. The molecule has 1 aromatic heterocycles. The molecule has 3 amide bonds. The number of aromatic nitrogens is 2. The molecular weight excluding hydrogens is 296 g/mol. The molecule has 2 aromatic rings. The van der Waals surface area contributed by atoms with Gasteiger partial charge < -0.3 is 5.32 Å². The minimum absolute atomic E-state index is 0.176. The van der Waals surface area contributed by atoms with Gasteiger partial charge in [-0.05, 0) is 18.6 Å². The van der Waals surface area contributed by atoms with Gasteiger partial charge in [0, 0.05) is 26.1 Å². The number of amides is 3. The predicted molar refractivity (Wildman–Crippen MR) is 82.9 cm³/mol. The lowest BCUT2D eigenvalue weighted by atomic mass is 10.1. The van der Waals surface area contributed by atoms with Crippen LogP contribution in [0, 0.1) is 0 Å². The molecule has 0 radical (unpaired) electrons. The van der Waals surface area contributed by atoms with Crippen molar-refractivity contribution in [3.05, 3.63) is 47.7 Å². The Hall–Kier alpha value is -2.96. The molecule has 1 aliphatic heterocycles. The number of benzene rings is 1. The molecular formula is C16H16N4O3. The van der Waals surface area contributed by atoms with E-state index in [1.165, 1.54) is 4.90 Å². The largest absolute Gasteiger partial charge is 0.311 e. The van der Waals surface area contributed by atoms with Gasteiger partial charge in [-0.15, -0.1) is 0 Å². The van der Waals surface area contributed by atoms with Gasteiger partial charge in [-0.2, -0.15) is 5.10 Å². The molecule has 0 saturated heterocycles. The van der Waals surface area contributed by atoms with Gasteiger partial charge in [0.1, 0.15) is 5.82 Å². The predicted octanol–water partition coefficient (Wildman–Crippen LogP) is 1.44. The van der Waals surface area contributed by atoms with Crippen LogP contribution in [0.3, 0.4) is 0 Å². The van der Waals surface area contributed by atoms with Gasteiger partial charge in [0.15, 0.2) is 0 Å². The molecule has 1 N–H and O–H groups in total. The number of carbonyl (C=O) groups excluding carboxylic acids is 3. The molecule has 7 nitrogen and oxygen atoms in total. The summed E-state index contributed by atoms with van der Waals surface area (Å²) in [5.41, 5.74) is 0.855. The highest BCUT2D eigenvalue weighted by molar-refractivity contribution is 6.21. The number of hydrogen-bond acceptors (Lipinski definition) is 4. The van der Waals surface area contributed by atoms with Crippen molar-refractivity contribution in [2.75, 3.05) is 11.9 Å². The SMILES string of the molecule is Cn1nccc1NC(=O)CCCN1C(=O)c2ccccc2C1=O. The Morgan fingerprint density at radius 3 is 2.35 bits per heavy atom. The number of carbonyl (C=O) groups is 3. The average Bonchev–Trinajstić information content (AvgIpc) is 3.04. The molecule has 0 saturated carbocycles. The van der Waals surface area contributed by atoms with Gasteiger partial charge in [0.05, 0.1) is 17.3 Å². The molecule has 2 heterocycles. The van der Waals surface area contributed by atoms with E-state index in [0.717, 1.165) is 0 Å². The minimum atomic E-state index is -0.294. The molecule has 118 valence electrons. The zero-order valence-electron chi connectivity index (χ0n) is 12.7. The van der Waals surface area contributed by atoms with Crippen molar-refractivity contribution in [3.8, 4) is 0 Å². The quantitative estimate of drug-likeness (QED) is 0.847. The second-order valence-corrected chi connectivity index (χ2v) is 5.30. The topological polar surface area (TPSA) is 84.3 Å². The molecule has 0 fully saturated rings. The molecule has 23 heavy (non-hydrogen) atoms. The van der Waals surface area contributed by atoms with Crippen molar-refractivity contribution in [1.29, 1.82) is 0 Å². The Balaban J connectivity index is 1.54. The molecule has 0 spiro atoms. The highest BCUT2D eigenvalue weighted by Gasteiger charge is 2.34. The summed E-state index contributed by atoms with van der Waals surface area (Å²) >= 11 is 0. The third-order valence-corrected chi connectivity index (χ3v) is 3.75. The van der Waals surface area contributed by atoms with E-state index in [-0.39, 0.29) is 30.7 Å². The third kappa shape index (κ3) is 2.85. The van der Waals surface area contributed by atoms with Crippen LogP contribution in [0.5, 0.6) is 0 Å². The van der Waals surface area contributed by atoms with Crippen LogP contribution in [0.15, 0.2) is 36.5 Å². The number of rotatable bonds is 5. The highest BCUT2D eigenvalue weighted by Crippen LogP contribution is 2.22. The number of anilines is 1. The van der Waals surface area contributed by atoms with E-state index in [9.17, 15) is 14.4 Å². The first-order valence-corrected chi connectivity index (χ1v) is 7.31. The Bertz CT molecular complexity index is 746. The summed E-state index contributed by atoms with van der Waals surface area (Å²) in [7, 11) is 1.73. The lowest BCUT2D eigenvalue weighted by Crippen LogP contribution is -2.31. The number of nitrogens with zero attached hydrogens (tertiary/aromatic N) is 3. The maximum Gasteiger partial charge on any atom is 0.261 e. The first-order chi connectivity index (χ1) is 11.1. The summed E-state index contributed by atoms with van der Waals surface area (Å²) in [5.74, 6) is -0.156. The maximum atomic E-state index is 12.2. The van der Waals surface area contributed by atoms with Crippen LogP contribution in [0.2, 0.25) is 0 Å². The van der Waals surface area contributed by atoms with Gasteiger partial charge in [0.2, 0.25) is 5.91 Å². The van der Waals surface area contributed by atoms with Crippen LogP contribution in [-0.2, 0) is 11.8 Å². The zero-order valence-corrected chi connectivity index (χ0v) is 12.7. The van der Waals surface area contributed by atoms with E-state index in [2.05, 4.69) is 10.4 Å². The minimum Gasteiger partial charge on any atom is -0.311 e. The van der Waals surface area contributed by atoms with Crippen LogP contribution in [0.4, 0.5) is 5.82 Å². The standard InChI is InChI=1S/C16H16N4O3/c1-19-13(8-9-17-19)18-14(21)7-4-10-20-15(22)11-5-2-3-6-12(11)16(20)23/h2-3,5-6,8-9H,4,7,10H2,1H3,(H,18,21). The number of imide groups is 1. The van der Waals surface area contributed by atoms with Crippen LogP contribution in [-0.4, -0.2) is 38.9 Å². The van der Waals surface area contributed by atoms with Gasteiger partial charge >= 0.3 is 0 Å². The Kier molecular flexibility index (Phi) is 3.92. The van der Waals surface area contributed by atoms with Crippen LogP contribution in [0.1, 0.15) is 33.6 Å². The molecule has 0 bridgehead atoms. The zero-order chi connectivity index (χ0) is 16.4. The molecule has 3 rings (SSSR count). The van der Waals surface area contributed by atoms with Crippen molar-refractivity contribution >= 4 is 23.5 Å². The van der Waals surface area contributed by atoms with Crippen LogP contribution < -0.4 is 5.32 Å². The number of nitrogens with one attached hydrogen (secondary N) is 1. The average molecular weight is 312 g/mol. The second kappa shape index (κ2) is 6.04. The number of aryl methyl sites for hydroxylation is 1. The summed E-state index contributed by atoms with van der Waals surface area (Å²) in [6, 6.07) is 8.45. The highest BCUT2D eigenvalue weighted by atomic mass is 16.2. The molecule has 0 unspecified atom stereocenters. The van der Waals surface area contributed by atoms with Crippen LogP contribution >= 0.6 is 0 Å². The molecule has 0 atom stereocenters.